The molecule has 0 spiro atoms. The molecule has 1 amide bonds. The molecule has 54 heavy (non-hydrogen) atoms. The number of nitrogens with zero attached hydrogens (tertiary/aromatic N) is 1. The minimum Gasteiger partial charge on any atom is -0.459 e. The number of hydrogen-bond donors (Lipinski definition) is 5. The average Bonchev–Trinajstić information content (AvgIpc) is 3.09. The van der Waals surface area contributed by atoms with Gasteiger partial charge in [0.2, 0.25) is 5.91 Å². The summed E-state index contributed by atoms with van der Waals surface area (Å²) < 4.78 is 44.4. The topological polar surface area (TPSA) is 195 Å². The van der Waals surface area contributed by atoms with Gasteiger partial charge >= 0.3 is 5.97 Å². The van der Waals surface area contributed by atoms with Crippen molar-refractivity contribution in [2.24, 2.45) is 17.8 Å². The number of nitrogens with one attached hydrogen (secondary N) is 1. The van der Waals surface area contributed by atoms with E-state index in [0.717, 1.165) is 0 Å². The average molecular weight is 777 g/mol. The van der Waals surface area contributed by atoms with Crippen molar-refractivity contribution < 1.29 is 63.2 Å². The van der Waals surface area contributed by atoms with Crippen molar-refractivity contribution in [2.75, 3.05) is 27.8 Å². The first-order valence-corrected chi connectivity index (χ1v) is 19.7. The smallest absolute Gasteiger partial charge is 0.311 e. The highest BCUT2D eigenvalue weighted by Crippen LogP contribution is 2.40. The van der Waals surface area contributed by atoms with Crippen LogP contribution in [-0.4, -0.2) is 155 Å². The van der Waals surface area contributed by atoms with Gasteiger partial charge in [0.25, 0.3) is 0 Å². The zero-order valence-electron chi connectivity index (χ0n) is 35.1. The summed E-state index contributed by atoms with van der Waals surface area (Å²) in [5.74, 6) is -4.05. The van der Waals surface area contributed by atoms with Gasteiger partial charge in [-0.15, -0.1) is 0 Å². The van der Waals surface area contributed by atoms with Gasteiger partial charge in [-0.2, -0.15) is 0 Å². The second kappa shape index (κ2) is 18.8. The Hall–Kier alpha value is -1.50. The zero-order chi connectivity index (χ0) is 41.1. The highest BCUT2D eigenvalue weighted by molar-refractivity contribution is 5.79. The van der Waals surface area contributed by atoms with Crippen molar-refractivity contribution in [2.45, 2.75) is 192 Å². The van der Waals surface area contributed by atoms with E-state index >= 15 is 0 Å². The molecule has 18 atom stereocenters. The number of carbonyl (C=O) groups excluding carboxylic acids is 2. The van der Waals surface area contributed by atoms with Crippen LogP contribution >= 0.6 is 0 Å². The lowest BCUT2D eigenvalue weighted by Gasteiger charge is -2.49. The predicted molar refractivity (Wildman–Crippen MR) is 199 cm³/mol. The summed E-state index contributed by atoms with van der Waals surface area (Å²) in [4.78, 5) is 29.8. The van der Waals surface area contributed by atoms with Gasteiger partial charge in [0, 0.05) is 38.1 Å². The second-order valence-corrected chi connectivity index (χ2v) is 17.0. The third kappa shape index (κ3) is 10.3. The Labute approximate surface area is 322 Å². The maximum Gasteiger partial charge on any atom is 0.311 e. The molecule has 3 rings (SSSR count). The number of amides is 1. The molecule has 5 N–H and O–H groups in total. The van der Waals surface area contributed by atoms with Crippen molar-refractivity contribution in [3.05, 3.63) is 0 Å². The van der Waals surface area contributed by atoms with E-state index in [2.05, 4.69) is 5.32 Å². The van der Waals surface area contributed by atoms with Crippen LogP contribution in [0, 0.1) is 17.8 Å². The Morgan fingerprint density at radius 3 is 2.07 bits per heavy atom. The monoisotopic (exact) mass is 777 g/mol. The van der Waals surface area contributed by atoms with Gasteiger partial charge in [-0.1, -0.05) is 20.8 Å². The van der Waals surface area contributed by atoms with Crippen molar-refractivity contribution in [3.8, 4) is 0 Å². The van der Waals surface area contributed by atoms with Gasteiger partial charge < -0.3 is 63.8 Å². The minimum atomic E-state index is -2.00. The lowest BCUT2D eigenvalue weighted by atomic mass is 9.78. The first-order valence-electron chi connectivity index (χ1n) is 19.7. The molecule has 3 saturated heterocycles. The summed E-state index contributed by atoms with van der Waals surface area (Å²) in [6.45, 7) is 19.2. The molecule has 0 aromatic rings. The third-order valence-electron chi connectivity index (χ3n) is 12.1. The largest absolute Gasteiger partial charge is 0.459 e. The van der Waals surface area contributed by atoms with Crippen LogP contribution in [0.4, 0.5) is 0 Å². The summed E-state index contributed by atoms with van der Waals surface area (Å²) in [5.41, 5.74) is -4.22. The van der Waals surface area contributed by atoms with E-state index in [1.807, 2.05) is 53.6 Å². The fourth-order valence-corrected chi connectivity index (χ4v) is 8.72. The molecule has 15 nitrogen and oxygen atoms in total. The van der Waals surface area contributed by atoms with Gasteiger partial charge in [-0.25, -0.2) is 0 Å². The Bertz CT molecular complexity index is 1220. The Kier molecular flexibility index (Phi) is 16.4. The SMILES string of the molecule is CCO[C@]1(C)C[C@@H](C)NC(=O)[C@H](C)[C@@H](O)[C@](C)(O)[C@@H](CC)OC(=O)[C@H](C)[C@@H](O[C@H]2C[C@@](C)(OC)[C@@H](O)[C@H](C)O2)[C@H](C)[C@H]1O[C@@H]1O[C@H](C)C[C@H](N(C)C)[C@H]1O. The van der Waals surface area contributed by atoms with Gasteiger partial charge in [-0.3, -0.25) is 9.59 Å². The van der Waals surface area contributed by atoms with E-state index in [9.17, 15) is 30.0 Å². The lowest BCUT2D eigenvalue weighted by molar-refractivity contribution is -0.320. The van der Waals surface area contributed by atoms with Crippen LogP contribution in [0.1, 0.15) is 102 Å². The fraction of sp³-hybridized carbons (Fsp3) is 0.949. The molecular weight excluding hydrogens is 704 g/mol. The van der Waals surface area contributed by atoms with Crippen molar-refractivity contribution in [3.63, 3.8) is 0 Å². The van der Waals surface area contributed by atoms with E-state index in [0.29, 0.717) is 6.42 Å². The molecule has 3 aliphatic rings. The number of carbonyl (C=O) groups is 2. The number of methoxy groups -OCH3 is 1. The highest BCUT2D eigenvalue weighted by Gasteiger charge is 2.53. The number of cyclic esters (lactones) is 1. The molecule has 3 aliphatic heterocycles. The number of aliphatic hydroxyl groups is 4. The van der Waals surface area contributed by atoms with E-state index < -0.39 is 108 Å². The van der Waals surface area contributed by atoms with Gasteiger partial charge in [0.15, 0.2) is 12.6 Å². The molecule has 0 unspecified atom stereocenters. The number of likely N-dealkylation sites (N-methyl/N-ethyl adjacent to an activating group) is 1. The first kappa shape index (κ1) is 46.9. The number of hydrogen-bond acceptors (Lipinski definition) is 14. The van der Waals surface area contributed by atoms with Crippen molar-refractivity contribution in [1.29, 1.82) is 0 Å². The van der Waals surface area contributed by atoms with Crippen molar-refractivity contribution >= 4 is 11.9 Å². The molecule has 0 aromatic heterocycles. The van der Waals surface area contributed by atoms with E-state index in [1.54, 1.807) is 27.7 Å². The maximum atomic E-state index is 14.3. The Morgan fingerprint density at radius 2 is 1.52 bits per heavy atom. The first-order chi connectivity index (χ1) is 25.0. The summed E-state index contributed by atoms with van der Waals surface area (Å²) in [7, 11) is 5.28. The van der Waals surface area contributed by atoms with Crippen LogP contribution in [-0.2, 0) is 42.7 Å². The quantitative estimate of drug-likeness (QED) is 0.214. The lowest BCUT2D eigenvalue weighted by Crippen LogP contribution is -2.61. The molecule has 0 radical (unpaired) electrons. The standard InChI is InChI=1S/C39H72N2O13/c1-15-27-39(11,47)31(43)24(7)34(45)40-20(3)18-38(10,49-16-2)33(54-36-29(42)26(41(12)13)17-21(4)50-36)22(5)30(23(6)35(46)52-27)53-28-19-37(9,48-14)32(44)25(8)51-28/h20-33,36,42-44,47H,15-19H2,1-14H3,(H,40,45)/t20-,21-,22+,23-,24-,25+,26+,27-,28+,29-,30+,31-,32+,33-,36+,37-,38-,39-/m1/s1. The minimum absolute atomic E-state index is 0.125. The van der Waals surface area contributed by atoms with E-state index in [1.165, 1.54) is 21.0 Å². The molecule has 316 valence electrons. The van der Waals surface area contributed by atoms with E-state index in [4.69, 9.17) is 33.2 Å². The maximum absolute atomic E-state index is 14.3. The number of rotatable bonds is 9. The summed E-state index contributed by atoms with van der Waals surface area (Å²) in [6.07, 6.45) is -8.70. The molecule has 0 saturated carbocycles. The molecule has 0 bridgehead atoms. The van der Waals surface area contributed by atoms with Crippen LogP contribution in [0.3, 0.4) is 0 Å². The van der Waals surface area contributed by atoms with Gasteiger partial charge in [0.05, 0.1) is 53.6 Å². The Morgan fingerprint density at radius 1 is 0.889 bits per heavy atom. The summed E-state index contributed by atoms with van der Waals surface area (Å²) in [5, 5.41) is 48.6. The molecule has 0 aromatic carbocycles. The van der Waals surface area contributed by atoms with Crippen LogP contribution in [0.25, 0.3) is 0 Å². The highest BCUT2D eigenvalue weighted by atomic mass is 16.7. The van der Waals surface area contributed by atoms with Crippen LogP contribution in [0.15, 0.2) is 0 Å². The van der Waals surface area contributed by atoms with Gasteiger partial charge in [-0.05, 0) is 88.7 Å². The second-order valence-electron chi connectivity index (χ2n) is 17.0. The molecule has 3 heterocycles. The fourth-order valence-electron chi connectivity index (χ4n) is 8.72. The van der Waals surface area contributed by atoms with Crippen LogP contribution in [0.5, 0.6) is 0 Å². The molecule has 0 aliphatic carbocycles. The Balaban J connectivity index is 2.25. The molecule has 15 heteroatoms. The van der Waals surface area contributed by atoms with Crippen molar-refractivity contribution in [1.82, 2.24) is 10.2 Å². The van der Waals surface area contributed by atoms with E-state index in [-0.39, 0.29) is 38.0 Å². The summed E-state index contributed by atoms with van der Waals surface area (Å²) in [6, 6.07) is -0.818. The normalized spacial score (nSPS) is 47.7. The van der Waals surface area contributed by atoms with Crippen LogP contribution in [0.2, 0.25) is 0 Å². The molecule has 3 fully saturated rings. The third-order valence-corrected chi connectivity index (χ3v) is 12.1. The van der Waals surface area contributed by atoms with Gasteiger partial charge in [0.1, 0.15) is 23.9 Å². The number of aliphatic hydroxyl groups excluding tert-OH is 3. The predicted octanol–water partition coefficient (Wildman–Crippen LogP) is 2.13. The zero-order valence-corrected chi connectivity index (χ0v) is 35.1. The van der Waals surface area contributed by atoms with Crippen LogP contribution < -0.4 is 5.32 Å². The number of esters is 1. The summed E-state index contributed by atoms with van der Waals surface area (Å²) >= 11 is 0. The number of ether oxygens (including phenoxy) is 7. The molecular formula is C39H72N2O13.